The van der Waals surface area contributed by atoms with Crippen LogP contribution in [-0.2, 0) is 0 Å². The fourth-order valence-electron chi connectivity index (χ4n) is 1.74. The largest absolute Gasteiger partial charge is 0.508 e. The fourth-order valence-corrected chi connectivity index (χ4v) is 1.74. The number of hydrogen-bond acceptors (Lipinski definition) is 1. The number of aryl methyl sites for hydroxylation is 2. The van der Waals surface area contributed by atoms with E-state index in [0.717, 1.165) is 22.3 Å². The van der Waals surface area contributed by atoms with Crippen LogP contribution in [0.3, 0.4) is 0 Å². The average molecular weight is 216 g/mol. The quantitative estimate of drug-likeness (QED) is 0.768. The zero-order valence-electron chi connectivity index (χ0n) is 9.29. The molecule has 0 saturated carbocycles. The van der Waals surface area contributed by atoms with Crippen molar-refractivity contribution in [2.75, 3.05) is 0 Å². The molecule has 2 aromatic rings. The van der Waals surface area contributed by atoms with Crippen molar-refractivity contribution in [3.8, 4) is 16.9 Å². The molecule has 0 unspecified atom stereocenters. The normalized spacial score (nSPS) is 10.4. The summed E-state index contributed by atoms with van der Waals surface area (Å²) >= 11 is 0. The lowest BCUT2D eigenvalue weighted by Crippen LogP contribution is -1.84. The van der Waals surface area contributed by atoms with Gasteiger partial charge in [-0.2, -0.15) is 0 Å². The highest BCUT2D eigenvalue weighted by Crippen LogP contribution is 2.26. The van der Waals surface area contributed by atoms with Crippen molar-refractivity contribution >= 4 is 0 Å². The van der Waals surface area contributed by atoms with Crippen molar-refractivity contribution < 1.29 is 9.50 Å². The van der Waals surface area contributed by atoms with Crippen molar-refractivity contribution in [2.45, 2.75) is 13.8 Å². The Balaban J connectivity index is 2.54. The maximum Gasteiger partial charge on any atom is 0.124 e. The second-order valence-corrected chi connectivity index (χ2v) is 4.02. The van der Waals surface area contributed by atoms with Crippen molar-refractivity contribution in [1.29, 1.82) is 0 Å². The minimum Gasteiger partial charge on any atom is -0.508 e. The Labute approximate surface area is 94.2 Å². The highest BCUT2D eigenvalue weighted by atomic mass is 19.1. The van der Waals surface area contributed by atoms with Crippen molar-refractivity contribution in [3.63, 3.8) is 0 Å². The second kappa shape index (κ2) is 3.97. The van der Waals surface area contributed by atoms with Crippen LogP contribution in [0.2, 0.25) is 0 Å². The lowest BCUT2D eigenvalue weighted by Gasteiger charge is -2.06. The Hall–Kier alpha value is -1.83. The van der Waals surface area contributed by atoms with Crippen molar-refractivity contribution in [2.24, 2.45) is 0 Å². The molecule has 0 spiro atoms. The van der Waals surface area contributed by atoms with Gasteiger partial charge < -0.3 is 5.11 Å². The number of rotatable bonds is 1. The van der Waals surface area contributed by atoms with Gasteiger partial charge >= 0.3 is 0 Å². The van der Waals surface area contributed by atoms with Crippen LogP contribution in [0, 0.1) is 19.7 Å². The molecule has 0 fully saturated rings. The minimum atomic E-state index is -0.235. The second-order valence-electron chi connectivity index (χ2n) is 4.02. The maximum atomic E-state index is 13.2. The smallest absolute Gasteiger partial charge is 0.124 e. The number of benzene rings is 2. The van der Waals surface area contributed by atoms with Gasteiger partial charge in [0.2, 0.25) is 0 Å². The van der Waals surface area contributed by atoms with Gasteiger partial charge in [0, 0.05) is 0 Å². The van der Waals surface area contributed by atoms with Gasteiger partial charge in [-0.05, 0) is 60.4 Å². The van der Waals surface area contributed by atoms with Gasteiger partial charge in [-0.25, -0.2) is 4.39 Å². The SMILES string of the molecule is Cc1cc(F)cc(-c2ccc(O)c(C)c2)c1. The molecule has 0 aliphatic carbocycles. The molecular formula is C14H13FO. The first-order valence-electron chi connectivity index (χ1n) is 5.13. The van der Waals surface area contributed by atoms with Crippen LogP contribution < -0.4 is 0 Å². The highest BCUT2D eigenvalue weighted by molar-refractivity contribution is 5.66. The van der Waals surface area contributed by atoms with E-state index in [4.69, 9.17) is 0 Å². The van der Waals surface area contributed by atoms with E-state index < -0.39 is 0 Å². The zero-order valence-corrected chi connectivity index (χ0v) is 9.29. The lowest BCUT2D eigenvalue weighted by atomic mass is 10.0. The van der Waals surface area contributed by atoms with Crippen LogP contribution in [0.15, 0.2) is 36.4 Å². The molecular weight excluding hydrogens is 203 g/mol. The molecule has 2 aromatic carbocycles. The lowest BCUT2D eigenvalue weighted by molar-refractivity contribution is 0.471. The third kappa shape index (κ3) is 2.06. The third-order valence-corrected chi connectivity index (χ3v) is 2.57. The summed E-state index contributed by atoms with van der Waals surface area (Å²) in [7, 11) is 0. The molecule has 82 valence electrons. The Kier molecular flexibility index (Phi) is 2.65. The van der Waals surface area contributed by atoms with E-state index in [1.54, 1.807) is 12.1 Å². The molecule has 0 aromatic heterocycles. The summed E-state index contributed by atoms with van der Waals surface area (Å²) in [5.41, 5.74) is 3.43. The van der Waals surface area contributed by atoms with Gasteiger partial charge in [-0.15, -0.1) is 0 Å². The summed E-state index contributed by atoms with van der Waals surface area (Å²) in [6.45, 7) is 3.69. The molecule has 2 rings (SSSR count). The van der Waals surface area contributed by atoms with Gasteiger partial charge in [0.15, 0.2) is 0 Å². The van der Waals surface area contributed by atoms with Crippen LogP contribution in [0.25, 0.3) is 11.1 Å². The Bertz CT molecular complexity index is 512. The predicted octanol–water partition coefficient (Wildman–Crippen LogP) is 3.82. The average Bonchev–Trinajstić information content (AvgIpc) is 2.20. The molecule has 0 amide bonds. The Morgan fingerprint density at radius 2 is 1.69 bits per heavy atom. The fraction of sp³-hybridized carbons (Fsp3) is 0.143. The molecule has 0 bridgehead atoms. The van der Waals surface area contributed by atoms with Gasteiger partial charge in [0.25, 0.3) is 0 Å². The first-order valence-corrected chi connectivity index (χ1v) is 5.13. The number of phenols is 1. The first kappa shape index (κ1) is 10.7. The summed E-state index contributed by atoms with van der Waals surface area (Å²) in [6.07, 6.45) is 0. The Morgan fingerprint density at radius 1 is 0.938 bits per heavy atom. The van der Waals surface area contributed by atoms with Crippen LogP contribution in [0.1, 0.15) is 11.1 Å². The van der Waals surface area contributed by atoms with Gasteiger partial charge in [-0.1, -0.05) is 12.1 Å². The summed E-state index contributed by atoms with van der Waals surface area (Å²) in [4.78, 5) is 0. The molecule has 0 aliphatic rings. The van der Waals surface area contributed by atoms with Gasteiger partial charge in [0.05, 0.1) is 0 Å². The molecule has 1 nitrogen and oxygen atoms in total. The van der Waals surface area contributed by atoms with Gasteiger partial charge in [-0.3, -0.25) is 0 Å². The van der Waals surface area contributed by atoms with Crippen LogP contribution in [-0.4, -0.2) is 5.11 Å². The molecule has 0 radical (unpaired) electrons. The number of hydrogen-bond donors (Lipinski definition) is 1. The van der Waals surface area contributed by atoms with E-state index in [-0.39, 0.29) is 11.6 Å². The molecule has 2 heteroatoms. The highest BCUT2D eigenvalue weighted by Gasteiger charge is 2.03. The van der Waals surface area contributed by atoms with Gasteiger partial charge in [0.1, 0.15) is 11.6 Å². The minimum absolute atomic E-state index is 0.235. The summed E-state index contributed by atoms with van der Waals surface area (Å²) in [5.74, 6) is 0.0256. The van der Waals surface area contributed by atoms with E-state index in [1.807, 2.05) is 26.0 Å². The van der Waals surface area contributed by atoms with Crippen LogP contribution in [0.5, 0.6) is 5.75 Å². The van der Waals surface area contributed by atoms with E-state index in [1.165, 1.54) is 12.1 Å². The monoisotopic (exact) mass is 216 g/mol. The number of halogens is 1. The van der Waals surface area contributed by atoms with E-state index >= 15 is 0 Å². The predicted molar refractivity (Wildman–Crippen MR) is 63.0 cm³/mol. The molecule has 0 aliphatic heterocycles. The van der Waals surface area contributed by atoms with E-state index in [2.05, 4.69) is 0 Å². The van der Waals surface area contributed by atoms with Crippen molar-refractivity contribution in [3.05, 3.63) is 53.3 Å². The summed E-state index contributed by atoms with van der Waals surface area (Å²) in [5, 5.41) is 9.43. The number of phenolic OH excluding ortho intramolecular Hbond substituents is 1. The van der Waals surface area contributed by atoms with E-state index in [9.17, 15) is 9.50 Å². The molecule has 0 heterocycles. The first-order chi connectivity index (χ1) is 7.56. The van der Waals surface area contributed by atoms with Crippen LogP contribution >= 0.6 is 0 Å². The zero-order chi connectivity index (χ0) is 11.7. The molecule has 16 heavy (non-hydrogen) atoms. The standard InChI is InChI=1S/C14H13FO/c1-9-5-12(8-13(15)6-9)11-3-4-14(16)10(2)7-11/h3-8,16H,1-2H3. The Morgan fingerprint density at radius 3 is 2.31 bits per heavy atom. The molecule has 0 atom stereocenters. The third-order valence-electron chi connectivity index (χ3n) is 2.57. The maximum absolute atomic E-state index is 13.2. The molecule has 1 N–H and O–H groups in total. The number of aromatic hydroxyl groups is 1. The summed E-state index contributed by atoms with van der Waals surface area (Å²) in [6, 6.07) is 10.2. The topological polar surface area (TPSA) is 20.2 Å². The van der Waals surface area contributed by atoms with Crippen LogP contribution in [0.4, 0.5) is 4.39 Å². The molecule has 0 saturated heterocycles. The summed E-state index contributed by atoms with van der Waals surface area (Å²) < 4.78 is 13.2. The van der Waals surface area contributed by atoms with Crippen molar-refractivity contribution in [1.82, 2.24) is 0 Å². The van der Waals surface area contributed by atoms with E-state index in [0.29, 0.717) is 0 Å².